The summed E-state index contributed by atoms with van der Waals surface area (Å²) in [7, 11) is 1.65. The highest BCUT2D eigenvalue weighted by atomic mass is 16.7. The number of rotatable bonds is 4. The van der Waals surface area contributed by atoms with Gasteiger partial charge in [0, 0.05) is 7.11 Å². The number of hydrogen-bond acceptors (Lipinski definition) is 2. The molecular weight excluding hydrogens is 176 g/mol. The fourth-order valence-corrected chi connectivity index (χ4v) is 1.28. The van der Waals surface area contributed by atoms with E-state index in [1.807, 2.05) is 6.92 Å². The van der Waals surface area contributed by atoms with Gasteiger partial charge in [0.05, 0.1) is 6.61 Å². The van der Waals surface area contributed by atoms with Gasteiger partial charge in [-0.3, -0.25) is 0 Å². The fourth-order valence-electron chi connectivity index (χ4n) is 1.28. The van der Waals surface area contributed by atoms with Gasteiger partial charge in [-0.2, -0.15) is 0 Å². The topological polar surface area (TPSA) is 18.5 Å². The largest absolute Gasteiger partial charge is 0.356 e. The van der Waals surface area contributed by atoms with Crippen LogP contribution in [-0.2, 0) is 16.1 Å². The summed E-state index contributed by atoms with van der Waals surface area (Å²) in [6, 6.07) is 6.37. The van der Waals surface area contributed by atoms with E-state index in [-0.39, 0.29) is 6.29 Å². The lowest BCUT2D eigenvalue weighted by molar-refractivity contribution is -0.118. The van der Waals surface area contributed by atoms with Crippen LogP contribution in [0.1, 0.15) is 23.6 Å². The number of ether oxygens (including phenoxy) is 2. The van der Waals surface area contributed by atoms with E-state index in [4.69, 9.17) is 9.47 Å². The molecule has 1 atom stereocenters. The third-order valence-corrected chi connectivity index (χ3v) is 2.30. The molecule has 1 aromatic carbocycles. The van der Waals surface area contributed by atoms with Crippen LogP contribution in [0.3, 0.4) is 0 Å². The molecule has 0 aliphatic rings. The predicted octanol–water partition coefficient (Wildman–Crippen LogP) is 2.81. The van der Waals surface area contributed by atoms with Crippen molar-refractivity contribution in [3.8, 4) is 0 Å². The Balaban J connectivity index is 2.59. The molecule has 1 aromatic rings. The highest BCUT2D eigenvalue weighted by molar-refractivity contribution is 5.29. The van der Waals surface area contributed by atoms with Crippen LogP contribution in [0.5, 0.6) is 0 Å². The monoisotopic (exact) mass is 194 g/mol. The minimum absolute atomic E-state index is 0.143. The minimum atomic E-state index is -0.143. The van der Waals surface area contributed by atoms with Crippen LogP contribution < -0.4 is 0 Å². The molecule has 0 N–H and O–H groups in total. The van der Waals surface area contributed by atoms with E-state index in [9.17, 15) is 0 Å². The van der Waals surface area contributed by atoms with E-state index in [1.165, 1.54) is 16.7 Å². The number of aryl methyl sites for hydroxylation is 2. The van der Waals surface area contributed by atoms with E-state index in [2.05, 4.69) is 32.0 Å². The number of hydrogen-bond donors (Lipinski definition) is 0. The maximum absolute atomic E-state index is 5.48. The summed E-state index contributed by atoms with van der Waals surface area (Å²) in [4.78, 5) is 0. The summed E-state index contributed by atoms with van der Waals surface area (Å²) in [6.45, 7) is 6.70. The van der Waals surface area contributed by atoms with Gasteiger partial charge in [-0.15, -0.1) is 0 Å². The molecule has 0 aromatic heterocycles. The standard InChI is InChI=1S/C12H18O2/c1-9-5-6-12(10(2)7-9)8-14-11(3)13-4/h5-7,11H,8H2,1-4H3. The van der Waals surface area contributed by atoms with Gasteiger partial charge in [-0.25, -0.2) is 0 Å². The SMILES string of the molecule is COC(C)OCc1ccc(C)cc1C. The Morgan fingerprint density at radius 2 is 2.00 bits per heavy atom. The molecule has 0 saturated carbocycles. The van der Waals surface area contributed by atoms with Crippen molar-refractivity contribution in [2.24, 2.45) is 0 Å². The summed E-state index contributed by atoms with van der Waals surface area (Å²) < 4.78 is 10.5. The van der Waals surface area contributed by atoms with E-state index in [1.54, 1.807) is 7.11 Å². The van der Waals surface area contributed by atoms with Crippen molar-refractivity contribution in [1.82, 2.24) is 0 Å². The first-order valence-electron chi connectivity index (χ1n) is 4.84. The Labute approximate surface area is 85.8 Å². The van der Waals surface area contributed by atoms with Crippen LogP contribution in [0, 0.1) is 13.8 Å². The molecule has 2 nitrogen and oxygen atoms in total. The lowest BCUT2D eigenvalue weighted by Crippen LogP contribution is -2.10. The molecule has 1 rings (SSSR count). The smallest absolute Gasteiger partial charge is 0.154 e. The second-order valence-corrected chi connectivity index (χ2v) is 3.54. The summed E-state index contributed by atoms with van der Waals surface area (Å²) in [5.41, 5.74) is 3.78. The van der Waals surface area contributed by atoms with E-state index in [0.717, 1.165) is 0 Å². The van der Waals surface area contributed by atoms with Crippen LogP contribution in [0.25, 0.3) is 0 Å². The first-order valence-corrected chi connectivity index (χ1v) is 4.84. The Kier molecular flexibility index (Phi) is 4.11. The van der Waals surface area contributed by atoms with Crippen LogP contribution >= 0.6 is 0 Å². The van der Waals surface area contributed by atoms with Gasteiger partial charge in [0.15, 0.2) is 6.29 Å². The van der Waals surface area contributed by atoms with E-state index >= 15 is 0 Å². The summed E-state index contributed by atoms with van der Waals surface area (Å²) in [6.07, 6.45) is -0.143. The highest BCUT2D eigenvalue weighted by Gasteiger charge is 2.02. The third kappa shape index (κ3) is 3.13. The minimum Gasteiger partial charge on any atom is -0.356 e. The molecule has 1 unspecified atom stereocenters. The lowest BCUT2D eigenvalue weighted by Gasteiger charge is -2.12. The molecule has 0 amide bonds. The normalized spacial score (nSPS) is 12.9. The van der Waals surface area contributed by atoms with Crippen molar-refractivity contribution in [3.05, 3.63) is 34.9 Å². The lowest BCUT2D eigenvalue weighted by atomic mass is 10.1. The molecule has 14 heavy (non-hydrogen) atoms. The zero-order valence-electron chi connectivity index (χ0n) is 9.33. The molecule has 0 saturated heterocycles. The van der Waals surface area contributed by atoms with Gasteiger partial charge in [0.1, 0.15) is 0 Å². The molecule has 0 bridgehead atoms. The van der Waals surface area contributed by atoms with E-state index in [0.29, 0.717) is 6.61 Å². The fraction of sp³-hybridized carbons (Fsp3) is 0.500. The Morgan fingerprint density at radius 3 is 2.57 bits per heavy atom. The maximum atomic E-state index is 5.48. The van der Waals surface area contributed by atoms with Crippen LogP contribution in [0.15, 0.2) is 18.2 Å². The molecule has 0 spiro atoms. The van der Waals surface area contributed by atoms with Gasteiger partial charge in [0.2, 0.25) is 0 Å². The van der Waals surface area contributed by atoms with Crippen molar-refractivity contribution >= 4 is 0 Å². The highest BCUT2D eigenvalue weighted by Crippen LogP contribution is 2.12. The van der Waals surface area contributed by atoms with Crippen molar-refractivity contribution in [2.75, 3.05) is 7.11 Å². The maximum Gasteiger partial charge on any atom is 0.154 e. The van der Waals surface area contributed by atoms with Gasteiger partial charge in [-0.05, 0) is 31.9 Å². The third-order valence-electron chi connectivity index (χ3n) is 2.30. The zero-order valence-corrected chi connectivity index (χ0v) is 9.33. The summed E-state index contributed by atoms with van der Waals surface area (Å²) >= 11 is 0. The Bertz CT molecular complexity index is 294. The molecule has 78 valence electrons. The zero-order chi connectivity index (χ0) is 10.6. The molecule has 0 heterocycles. The van der Waals surface area contributed by atoms with Gasteiger partial charge < -0.3 is 9.47 Å². The second kappa shape index (κ2) is 5.13. The van der Waals surface area contributed by atoms with Gasteiger partial charge >= 0.3 is 0 Å². The summed E-state index contributed by atoms with van der Waals surface area (Å²) in [5, 5.41) is 0. The molecule has 0 radical (unpaired) electrons. The first kappa shape index (κ1) is 11.2. The van der Waals surface area contributed by atoms with Crippen molar-refractivity contribution in [1.29, 1.82) is 0 Å². The molecule has 2 heteroatoms. The van der Waals surface area contributed by atoms with Crippen molar-refractivity contribution < 1.29 is 9.47 Å². The average molecular weight is 194 g/mol. The molecule has 0 aliphatic heterocycles. The Hall–Kier alpha value is -0.860. The van der Waals surface area contributed by atoms with Crippen molar-refractivity contribution in [2.45, 2.75) is 33.7 Å². The van der Waals surface area contributed by atoms with Crippen molar-refractivity contribution in [3.63, 3.8) is 0 Å². The van der Waals surface area contributed by atoms with Crippen LogP contribution in [0.2, 0.25) is 0 Å². The van der Waals surface area contributed by atoms with Gasteiger partial charge in [-0.1, -0.05) is 23.8 Å². The Morgan fingerprint density at radius 1 is 1.29 bits per heavy atom. The van der Waals surface area contributed by atoms with Gasteiger partial charge in [0.25, 0.3) is 0 Å². The molecular formula is C12H18O2. The van der Waals surface area contributed by atoms with Crippen LogP contribution in [0.4, 0.5) is 0 Å². The van der Waals surface area contributed by atoms with E-state index < -0.39 is 0 Å². The molecule has 0 fully saturated rings. The predicted molar refractivity (Wildman–Crippen MR) is 57.2 cm³/mol. The first-order chi connectivity index (χ1) is 6.63. The number of benzene rings is 1. The quantitative estimate of drug-likeness (QED) is 0.686. The average Bonchev–Trinajstić information content (AvgIpc) is 2.16. The number of methoxy groups -OCH3 is 1. The second-order valence-electron chi connectivity index (χ2n) is 3.54. The molecule has 0 aliphatic carbocycles. The van der Waals surface area contributed by atoms with Crippen LogP contribution in [-0.4, -0.2) is 13.4 Å². The summed E-state index contributed by atoms with van der Waals surface area (Å²) in [5.74, 6) is 0.